The Hall–Kier alpha value is -2.36. The first-order valence-electron chi connectivity index (χ1n) is 9.21. The third-order valence-corrected chi connectivity index (χ3v) is 5.96. The van der Waals surface area contributed by atoms with Crippen molar-refractivity contribution in [2.75, 3.05) is 5.32 Å². The Bertz CT molecular complexity index is 801. The topological polar surface area (TPSA) is 54.0 Å². The van der Waals surface area contributed by atoms with Gasteiger partial charge in [0.05, 0.1) is 5.56 Å². The summed E-state index contributed by atoms with van der Waals surface area (Å²) in [5.41, 5.74) is 4.00. The molecule has 130 valence electrons. The minimum atomic E-state index is -0.0153. The minimum Gasteiger partial charge on any atom is -0.349 e. The van der Waals surface area contributed by atoms with Crippen LogP contribution in [-0.2, 0) is 0 Å². The lowest BCUT2D eigenvalue weighted by Gasteiger charge is -2.23. The lowest BCUT2D eigenvalue weighted by Crippen LogP contribution is -2.38. The number of carbonyl (C=O) groups excluding carboxylic acids is 1. The maximum Gasteiger partial charge on any atom is 0.255 e. The van der Waals surface area contributed by atoms with Gasteiger partial charge in [0.25, 0.3) is 5.91 Å². The lowest BCUT2D eigenvalue weighted by molar-refractivity contribution is 0.0923. The van der Waals surface area contributed by atoms with Crippen LogP contribution in [0.15, 0.2) is 36.5 Å². The molecule has 2 aromatic rings. The van der Waals surface area contributed by atoms with E-state index < -0.39 is 0 Å². The van der Waals surface area contributed by atoms with Gasteiger partial charge in [-0.25, -0.2) is 4.98 Å². The lowest BCUT2D eigenvalue weighted by atomic mass is 9.95. The number of carbonyl (C=O) groups is 1. The van der Waals surface area contributed by atoms with E-state index in [-0.39, 0.29) is 5.91 Å². The summed E-state index contributed by atoms with van der Waals surface area (Å²) < 4.78 is 0. The molecule has 2 fully saturated rings. The zero-order valence-corrected chi connectivity index (χ0v) is 14.9. The number of nitrogens with zero attached hydrogens (tertiary/aromatic N) is 1. The highest BCUT2D eigenvalue weighted by molar-refractivity contribution is 5.99. The fourth-order valence-corrected chi connectivity index (χ4v) is 4.37. The van der Waals surface area contributed by atoms with Crippen molar-refractivity contribution in [3.05, 3.63) is 53.2 Å². The van der Waals surface area contributed by atoms with Crippen molar-refractivity contribution in [1.29, 1.82) is 0 Å². The highest BCUT2D eigenvalue weighted by Gasteiger charge is 2.40. The molecule has 4 heteroatoms. The van der Waals surface area contributed by atoms with Gasteiger partial charge in [-0.05, 0) is 74.3 Å². The van der Waals surface area contributed by atoms with Crippen LogP contribution in [0.1, 0.15) is 47.2 Å². The van der Waals surface area contributed by atoms with Crippen LogP contribution in [0.4, 0.5) is 11.5 Å². The first kappa shape index (κ1) is 16.1. The predicted molar refractivity (Wildman–Crippen MR) is 100 cm³/mol. The van der Waals surface area contributed by atoms with Gasteiger partial charge in [0.2, 0.25) is 0 Å². The highest BCUT2D eigenvalue weighted by atomic mass is 16.1. The van der Waals surface area contributed by atoms with E-state index in [1.54, 1.807) is 6.20 Å². The molecule has 2 saturated carbocycles. The van der Waals surface area contributed by atoms with Gasteiger partial charge >= 0.3 is 0 Å². The molecule has 0 aliphatic heterocycles. The Kier molecular flexibility index (Phi) is 4.20. The highest BCUT2D eigenvalue weighted by Crippen LogP contribution is 2.44. The average molecular weight is 335 g/mol. The van der Waals surface area contributed by atoms with Gasteiger partial charge in [-0.1, -0.05) is 18.6 Å². The molecule has 4 rings (SSSR count). The summed E-state index contributed by atoms with van der Waals surface area (Å²) in [4.78, 5) is 17.3. The molecule has 1 aromatic carbocycles. The molecule has 0 spiro atoms. The molecule has 2 N–H and O–H groups in total. The number of hydrogen-bond donors (Lipinski definition) is 2. The van der Waals surface area contributed by atoms with Crippen LogP contribution in [-0.4, -0.2) is 16.9 Å². The molecule has 4 nitrogen and oxygen atoms in total. The molecular weight excluding hydrogens is 310 g/mol. The molecular formula is C21H25N3O. The summed E-state index contributed by atoms with van der Waals surface area (Å²) in [6.07, 6.45) is 6.74. The normalized spacial score (nSPS) is 24.3. The van der Waals surface area contributed by atoms with E-state index in [0.717, 1.165) is 18.0 Å². The molecule has 2 bridgehead atoms. The van der Waals surface area contributed by atoms with Crippen molar-refractivity contribution < 1.29 is 4.79 Å². The van der Waals surface area contributed by atoms with Crippen LogP contribution in [0, 0.1) is 25.7 Å². The molecule has 1 heterocycles. The summed E-state index contributed by atoms with van der Waals surface area (Å²) >= 11 is 0. The van der Waals surface area contributed by atoms with Gasteiger partial charge in [-0.2, -0.15) is 0 Å². The monoisotopic (exact) mass is 335 g/mol. The molecule has 0 unspecified atom stereocenters. The fraction of sp³-hybridized carbons (Fsp3) is 0.429. The molecule has 0 saturated heterocycles. The second-order valence-electron chi connectivity index (χ2n) is 7.53. The summed E-state index contributed by atoms with van der Waals surface area (Å²) in [6.45, 7) is 4.16. The summed E-state index contributed by atoms with van der Waals surface area (Å²) in [5, 5.41) is 6.61. The van der Waals surface area contributed by atoms with Crippen LogP contribution in [0.2, 0.25) is 0 Å². The number of benzene rings is 1. The molecule has 25 heavy (non-hydrogen) atoms. The Balaban J connectivity index is 1.54. The number of pyridine rings is 1. The number of aromatic nitrogens is 1. The van der Waals surface area contributed by atoms with Crippen molar-refractivity contribution in [1.82, 2.24) is 10.3 Å². The van der Waals surface area contributed by atoms with Crippen LogP contribution in [0.25, 0.3) is 0 Å². The van der Waals surface area contributed by atoms with Gasteiger partial charge in [0.1, 0.15) is 5.82 Å². The van der Waals surface area contributed by atoms with E-state index in [9.17, 15) is 4.79 Å². The largest absolute Gasteiger partial charge is 0.349 e. The minimum absolute atomic E-state index is 0.0153. The van der Waals surface area contributed by atoms with E-state index in [4.69, 9.17) is 0 Å². The molecule has 3 atom stereocenters. The number of aryl methyl sites for hydroxylation is 1. The van der Waals surface area contributed by atoms with Crippen molar-refractivity contribution in [2.24, 2.45) is 11.8 Å². The van der Waals surface area contributed by atoms with Gasteiger partial charge in [0, 0.05) is 17.9 Å². The van der Waals surface area contributed by atoms with Crippen LogP contribution in [0.3, 0.4) is 0 Å². The van der Waals surface area contributed by atoms with Crippen LogP contribution >= 0.6 is 0 Å². The van der Waals surface area contributed by atoms with E-state index >= 15 is 0 Å². The smallest absolute Gasteiger partial charge is 0.255 e. The Morgan fingerprint density at radius 3 is 2.76 bits per heavy atom. The zero-order chi connectivity index (χ0) is 17.4. The predicted octanol–water partition coefficient (Wildman–Crippen LogP) is 4.36. The van der Waals surface area contributed by atoms with Crippen LogP contribution < -0.4 is 10.6 Å². The Morgan fingerprint density at radius 2 is 2.00 bits per heavy atom. The second kappa shape index (κ2) is 6.51. The quantitative estimate of drug-likeness (QED) is 0.873. The molecule has 2 aliphatic rings. The molecule has 0 radical (unpaired) electrons. The number of fused-ring (bicyclic) bond motifs is 2. The maximum atomic E-state index is 12.8. The fourth-order valence-electron chi connectivity index (χ4n) is 4.37. The molecule has 2 aliphatic carbocycles. The number of nitrogens with one attached hydrogen (secondary N) is 2. The van der Waals surface area contributed by atoms with Crippen molar-refractivity contribution in [3.63, 3.8) is 0 Å². The van der Waals surface area contributed by atoms with Crippen LogP contribution in [0.5, 0.6) is 0 Å². The Morgan fingerprint density at radius 1 is 1.12 bits per heavy atom. The summed E-state index contributed by atoms with van der Waals surface area (Å²) in [6, 6.07) is 10.1. The van der Waals surface area contributed by atoms with Gasteiger partial charge in [0.15, 0.2) is 0 Å². The van der Waals surface area contributed by atoms with Gasteiger partial charge in [-0.3, -0.25) is 4.79 Å². The van der Waals surface area contributed by atoms with E-state index in [1.807, 2.05) is 24.3 Å². The molecule has 1 amide bonds. The Labute approximate surface area is 149 Å². The number of anilines is 2. The van der Waals surface area contributed by atoms with Crippen molar-refractivity contribution in [3.8, 4) is 0 Å². The van der Waals surface area contributed by atoms with E-state index in [1.165, 1.54) is 30.4 Å². The maximum absolute atomic E-state index is 12.8. The van der Waals surface area contributed by atoms with Gasteiger partial charge < -0.3 is 10.6 Å². The third-order valence-electron chi connectivity index (χ3n) is 5.96. The standard InChI is InChI=1S/C21H25N3O/c1-13-5-3-7-18(14(13)2)23-20-17(6-4-10-22-20)21(25)24-19-12-15-8-9-16(19)11-15/h3-7,10,15-16,19H,8-9,11-12H2,1-2H3,(H,22,23)(H,24,25)/t15-,16+,19+/m0/s1. The number of rotatable bonds is 4. The summed E-state index contributed by atoms with van der Waals surface area (Å²) in [5.74, 6) is 2.09. The third kappa shape index (κ3) is 3.13. The van der Waals surface area contributed by atoms with E-state index in [0.29, 0.717) is 23.3 Å². The average Bonchev–Trinajstić information content (AvgIpc) is 3.22. The number of hydrogen-bond acceptors (Lipinski definition) is 3. The second-order valence-corrected chi connectivity index (χ2v) is 7.53. The van der Waals surface area contributed by atoms with Crippen molar-refractivity contribution >= 4 is 17.4 Å². The number of amides is 1. The molecule has 1 aromatic heterocycles. The first-order chi connectivity index (χ1) is 12.1. The zero-order valence-electron chi connectivity index (χ0n) is 14.9. The van der Waals surface area contributed by atoms with Gasteiger partial charge in [-0.15, -0.1) is 0 Å². The first-order valence-corrected chi connectivity index (χ1v) is 9.21. The van der Waals surface area contributed by atoms with E-state index in [2.05, 4.69) is 35.5 Å². The summed E-state index contributed by atoms with van der Waals surface area (Å²) in [7, 11) is 0. The van der Waals surface area contributed by atoms with Crippen molar-refractivity contribution in [2.45, 2.75) is 45.6 Å². The SMILES string of the molecule is Cc1cccc(Nc2ncccc2C(=O)N[C@@H]2C[C@H]3CC[C@@H]2C3)c1C.